The molecule has 2 aromatic carbocycles. The topological polar surface area (TPSA) is 74.3 Å². The molecule has 1 amide bonds. The number of piperazine rings is 1. The first kappa shape index (κ1) is 21.6. The van der Waals surface area contributed by atoms with E-state index < -0.39 is 12.4 Å². The maximum atomic E-state index is 11.6. The predicted molar refractivity (Wildman–Crippen MR) is 121 cm³/mol. The molecule has 2 bridgehead atoms. The summed E-state index contributed by atoms with van der Waals surface area (Å²) in [6.07, 6.45) is -1.18. The monoisotopic (exact) mass is 437 g/mol. The summed E-state index contributed by atoms with van der Waals surface area (Å²) in [7, 11) is 0. The van der Waals surface area contributed by atoms with Gasteiger partial charge in [-0.15, -0.1) is 0 Å². The summed E-state index contributed by atoms with van der Waals surface area (Å²) in [5, 5.41) is 14.8. The van der Waals surface area contributed by atoms with Crippen LogP contribution < -0.4 is 5.32 Å². The molecular weight excluding hydrogens is 406 g/mol. The third-order valence-electron chi connectivity index (χ3n) is 6.92. The lowest BCUT2D eigenvalue weighted by atomic mass is 9.94. The number of ether oxygens (including phenoxy) is 2. The predicted octanol–water partition coefficient (Wildman–Crippen LogP) is 1.46. The summed E-state index contributed by atoms with van der Waals surface area (Å²) < 4.78 is 12.0. The van der Waals surface area contributed by atoms with Gasteiger partial charge in [-0.25, -0.2) is 0 Å². The quantitative estimate of drug-likeness (QED) is 0.738. The normalized spacial score (nSPS) is 30.4. The molecule has 5 rings (SSSR count). The number of aliphatic hydroxyl groups is 1. The van der Waals surface area contributed by atoms with Crippen molar-refractivity contribution in [2.45, 2.75) is 44.1 Å². The van der Waals surface area contributed by atoms with E-state index in [9.17, 15) is 9.90 Å². The van der Waals surface area contributed by atoms with Crippen LogP contribution in [0.15, 0.2) is 54.6 Å². The molecule has 170 valence electrons. The van der Waals surface area contributed by atoms with Gasteiger partial charge in [0.2, 0.25) is 5.91 Å². The minimum atomic E-state index is -0.603. The first-order valence-electron chi connectivity index (χ1n) is 11.4. The molecule has 0 aliphatic carbocycles. The van der Waals surface area contributed by atoms with Crippen molar-refractivity contribution in [3.05, 3.63) is 60.2 Å². The number of hydrogen-bond donors (Lipinski definition) is 2. The molecule has 3 fully saturated rings. The Morgan fingerprint density at radius 1 is 1.03 bits per heavy atom. The molecule has 0 aromatic heterocycles. The SMILES string of the molecule is CC(=O)N1CCN(C2C3OCC(O3)C(NCc3ccc(-c4ccccc4)cc3)C2O)CC1. The molecule has 7 heteroatoms. The van der Waals surface area contributed by atoms with Gasteiger partial charge in [0.15, 0.2) is 6.29 Å². The van der Waals surface area contributed by atoms with E-state index in [1.165, 1.54) is 11.1 Å². The van der Waals surface area contributed by atoms with E-state index in [0.29, 0.717) is 39.3 Å². The van der Waals surface area contributed by atoms with Gasteiger partial charge in [0.1, 0.15) is 6.10 Å². The van der Waals surface area contributed by atoms with Crippen molar-refractivity contribution >= 4 is 5.91 Å². The molecule has 0 radical (unpaired) electrons. The molecule has 3 aliphatic heterocycles. The highest BCUT2D eigenvalue weighted by atomic mass is 16.7. The van der Waals surface area contributed by atoms with E-state index >= 15 is 0 Å². The van der Waals surface area contributed by atoms with E-state index in [1.54, 1.807) is 6.92 Å². The number of benzene rings is 2. The Morgan fingerprint density at radius 3 is 2.41 bits per heavy atom. The maximum absolute atomic E-state index is 11.6. The van der Waals surface area contributed by atoms with Crippen molar-refractivity contribution in [1.29, 1.82) is 0 Å². The zero-order valence-electron chi connectivity index (χ0n) is 18.4. The highest BCUT2D eigenvalue weighted by Crippen LogP contribution is 2.32. The second kappa shape index (κ2) is 9.29. The maximum Gasteiger partial charge on any atom is 0.219 e. The number of nitrogens with zero attached hydrogens (tertiary/aromatic N) is 2. The molecule has 2 aromatic rings. The van der Waals surface area contributed by atoms with Gasteiger partial charge < -0.3 is 24.8 Å². The highest BCUT2D eigenvalue weighted by Gasteiger charge is 2.52. The Kier molecular flexibility index (Phi) is 6.26. The minimum absolute atomic E-state index is 0.0973. The number of rotatable bonds is 5. The Bertz CT molecular complexity index is 915. The molecule has 5 unspecified atom stereocenters. The van der Waals surface area contributed by atoms with Crippen LogP contribution in [0, 0.1) is 0 Å². The minimum Gasteiger partial charge on any atom is -0.390 e. The van der Waals surface area contributed by atoms with Gasteiger partial charge >= 0.3 is 0 Å². The molecule has 7 nitrogen and oxygen atoms in total. The van der Waals surface area contributed by atoms with E-state index in [4.69, 9.17) is 9.47 Å². The summed E-state index contributed by atoms with van der Waals surface area (Å²) in [6.45, 7) is 5.49. The lowest BCUT2D eigenvalue weighted by Crippen LogP contribution is -2.66. The fourth-order valence-corrected chi connectivity index (χ4v) is 5.06. The lowest BCUT2D eigenvalue weighted by molar-refractivity contribution is -0.186. The zero-order valence-corrected chi connectivity index (χ0v) is 18.4. The molecule has 3 heterocycles. The smallest absolute Gasteiger partial charge is 0.219 e. The van der Waals surface area contributed by atoms with Gasteiger partial charge in [0.05, 0.1) is 24.8 Å². The van der Waals surface area contributed by atoms with Gasteiger partial charge in [-0.1, -0.05) is 54.6 Å². The summed E-state index contributed by atoms with van der Waals surface area (Å²) >= 11 is 0. The zero-order chi connectivity index (χ0) is 22.1. The Hall–Kier alpha value is -2.29. The third-order valence-corrected chi connectivity index (χ3v) is 6.92. The number of aliphatic hydroxyl groups excluding tert-OH is 1. The summed E-state index contributed by atoms with van der Waals surface area (Å²) in [5.74, 6) is 0.0973. The van der Waals surface area contributed by atoms with Crippen LogP contribution in [0.2, 0.25) is 0 Å². The Morgan fingerprint density at radius 2 is 1.72 bits per heavy atom. The van der Waals surface area contributed by atoms with Crippen molar-refractivity contribution in [3.8, 4) is 11.1 Å². The number of fused-ring (bicyclic) bond motifs is 2. The third kappa shape index (κ3) is 4.31. The van der Waals surface area contributed by atoms with Gasteiger partial charge in [-0.2, -0.15) is 0 Å². The number of carbonyl (C=O) groups excluding carboxylic acids is 1. The van der Waals surface area contributed by atoms with Crippen molar-refractivity contribution in [1.82, 2.24) is 15.1 Å². The van der Waals surface area contributed by atoms with Crippen LogP contribution in [-0.4, -0.2) is 84.2 Å². The van der Waals surface area contributed by atoms with Gasteiger partial charge in [0, 0.05) is 39.6 Å². The first-order valence-corrected chi connectivity index (χ1v) is 11.4. The molecular formula is C25H31N3O4. The van der Waals surface area contributed by atoms with Crippen molar-refractivity contribution in [2.75, 3.05) is 32.8 Å². The summed E-state index contributed by atoms with van der Waals surface area (Å²) in [4.78, 5) is 15.7. The van der Waals surface area contributed by atoms with Crippen LogP contribution in [-0.2, 0) is 20.8 Å². The molecule has 32 heavy (non-hydrogen) atoms. The van der Waals surface area contributed by atoms with Crippen LogP contribution in [0.4, 0.5) is 0 Å². The van der Waals surface area contributed by atoms with Crippen LogP contribution in [0.5, 0.6) is 0 Å². The second-order valence-electron chi connectivity index (χ2n) is 8.87. The van der Waals surface area contributed by atoms with E-state index in [1.807, 2.05) is 23.1 Å². The van der Waals surface area contributed by atoms with Gasteiger partial charge in [-0.05, 0) is 16.7 Å². The number of amides is 1. The van der Waals surface area contributed by atoms with Crippen molar-refractivity contribution in [3.63, 3.8) is 0 Å². The summed E-state index contributed by atoms with van der Waals surface area (Å²) in [5.41, 5.74) is 3.54. The van der Waals surface area contributed by atoms with E-state index in [0.717, 1.165) is 5.56 Å². The molecule has 3 aliphatic rings. The highest BCUT2D eigenvalue weighted by molar-refractivity contribution is 5.73. The van der Waals surface area contributed by atoms with Crippen molar-refractivity contribution in [2.24, 2.45) is 0 Å². The average Bonchev–Trinajstić information content (AvgIpc) is 3.25. The van der Waals surface area contributed by atoms with Crippen LogP contribution in [0.1, 0.15) is 12.5 Å². The number of hydrogen-bond acceptors (Lipinski definition) is 6. The Balaban J connectivity index is 1.22. The molecule has 0 saturated carbocycles. The summed E-state index contributed by atoms with van der Waals surface area (Å²) in [6, 6.07) is 18.4. The lowest BCUT2D eigenvalue weighted by Gasteiger charge is -2.46. The fourth-order valence-electron chi connectivity index (χ4n) is 5.06. The van der Waals surface area contributed by atoms with E-state index in [2.05, 4.69) is 46.6 Å². The van der Waals surface area contributed by atoms with Gasteiger partial charge in [0.25, 0.3) is 0 Å². The average molecular weight is 438 g/mol. The largest absolute Gasteiger partial charge is 0.390 e. The van der Waals surface area contributed by atoms with Crippen LogP contribution in [0.25, 0.3) is 11.1 Å². The molecule has 2 N–H and O–H groups in total. The molecule has 3 saturated heterocycles. The fraction of sp³-hybridized carbons (Fsp3) is 0.480. The number of carbonyl (C=O) groups is 1. The second-order valence-corrected chi connectivity index (χ2v) is 8.87. The number of nitrogens with one attached hydrogen (secondary N) is 1. The standard InChI is InChI=1S/C25H31N3O4/c1-17(29)27-11-13-28(14-12-27)23-24(30)22(21-16-31-25(23)32-21)26-15-18-7-9-20(10-8-18)19-5-3-2-4-6-19/h2-10,21-26,30H,11-16H2,1H3. The van der Waals surface area contributed by atoms with E-state index in [-0.39, 0.29) is 24.1 Å². The molecule has 0 spiro atoms. The molecule has 5 atom stereocenters. The Labute approximate surface area is 188 Å². The first-order chi connectivity index (χ1) is 15.6. The van der Waals surface area contributed by atoms with Gasteiger partial charge in [-0.3, -0.25) is 9.69 Å². The van der Waals surface area contributed by atoms with Crippen LogP contribution in [0.3, 0.4) is 0 Å². The van der Waals surface area contributed by atoms with Crippen molar-refractivity contribution < 1.29 is 19.4 Å². The van der Waals surface area contributed by atoms with Crippen LogP contribution >= 0.6 is 0 Å².